The first-order valence-corrected chi connectivity index (χ1v) is 7.64. The maximum absolute atomic E-state index is 5.79. The summed E-state index contributed by atoms with van der Waals surface area (Å²) in [5.74, 6) is 2.59. The quantitative estimate of drug-likeness (QED) is 0.819. The van der Waals surface area contributed by atoms with Crippen molar-refractivity contribution in [3.63, 3.8) is 0 Å². The summed E-state index contributed by atoms with van der Waals surface area (Å²) in [5.41, 5.74) is 5.79. The Morgan fingerprint density at radius 3 is 2.18 bits per heavy atom. The maximum atomic E-state index is 5.79. The molecule has 0 radical (unpaired) electrons. The van der Waals surface area contributed by atoms with E-state index in [0.717, 1.165) is 30.3 Å². The molecule has 17 heavy (non-hydrogen) atoms. The fourth-order valence-corrected chi connectivity index (χ4v) is 3.62. The summed E-state index contributed by atoms with van der Waals surface area (Å²) in [6, 6.07) is 0.892. The molecule has 0 amide bonds. The zero-order valence-electron chi connectivity index (χ0n) is 11.7. The van der Waals surface area contributed by atoms with Crippen LogP contribution in [0.15, 0.2) is 0 Å². The fourth-order valence-electron chi connectivity index (χ4n) is 3.62. The zero-order chi connectivity index (χ0) is 12.3. The van der Waals surface area contributed by atoms with Crippen molar-refractivity contribution in [1.29, 1.82) is 0 Å². The van der Waals surface area contributed by atoms with Crippen LogP contribution in [0.5, 0.6) is 0 Å². The number of nitrogens with zero attached hydrogens (tertiary/aromatic N) is 1. The molecule has 0 aromatic heterocycles. The molecule has 2 fully saturated rings. The van der Waals surface area contributed by atoms with E-state index in [2.05, 4.69) is 18.7 Å². The third-order valence-corrected chi connectivity index (χ3v) is 5.25. The molecule has 1 atom stereocenters. The Balaban J connectivity index is 1.75. The molecule has 2 heteroatoms. The lowest BCUT2D eigenvalue weighted by molar-refractivity contribution is 0.0891. The summed E-state index contributed by atoms with van der Waals surface area (Å²) >= 11 is 0. The van der Waals surface area contributed by atoms with E-state index in [1.807, 2.05) is 0 Å². The average Bonchev–Trinajstić information content (AvgIpc) is 2.39. The van der Waals surface area contributed by atoms with Crippen LogP contribution < -0.4 is 5.73 Å². The highest BCUT2D eigenvalue weighted by atomic mass is 15.2. The molecule has 2 aliphatic rings. The van der Waals surface area contributed by atoms with E-state index in [9.17, 15) is 0 Å². The van der Waals surface area contributed by atoms with Crippen LogP contribution in [-0.4, -0.2) is 30.6 Å². The second kappa shape index (κ2) is 6.19. The smallest absolute Gasteiger partial charge is 0.00954 e. The molecular weight excluding hydrogens is 208 g/mol. The van der Waals surface area contributed by atoms with Crippen molar-refractivity contribution in [2.45, 2.75) is 58.4 Å². The highest BCUT2D eigenvalue weighted by Crippen LogP contribution is 2.33. The van der Waals surface area contributed by atoms with E-state index in [1.54, 1.807) is 0 Å². The summed E-state index contributed by atoms with van der Waals surface area (Å²) in [7, 11) is 0. The van der Waals surface area contributed by atoms with Gasteiger partial charge in [-0.05, 0) is 75.9 Å². The SMILES string of the molecule is CC1CCN(C2CCC(C(C)CN)CC2)CC1. The number of piperidine rings is 1. The Hall–Kier alpha value is -0.0800. The van der Waals surface area contributed by atoms with Crippen LogP contribution in [0.3, 0.4) is 0 Å². The monoisotopic (exact) mass is 238 g/mol. The molecule has 2 rings (SSSR count). The predicted octanol–water partition coefficient (Wildman–Crippen LogP) is 2.87. The van der Waals surface area contributed by atoms with E-state index in [-0.39, 0.29) is 0 Å². The first kappa shape index (κ1) is 13.4. The Kier molecular flexibility index (Phi) is 4.87. The topological polar surface area (TPSA) is 29.3 Å². The van der Waals surface area contributed by atoms with E-state index < -0.39 is 0 Å². The first-order valence-electron chi connectivity index (χ1n) is 7.64. The molecule has 1 unspecified atom stereocenters. The van der Waals surface area contributed by atoms with Crippen LogP contribution in [0.1, 0.15) is 52.4 Å². The van der Waals surface area contributed by atoms with E-state index >= 15 is 0 Å². The standard InChI is InChI=1S/C15H30N2/c1-12-7-9-17(10-8-12)15-5-3-14(4-6-15)13(2)11-16/h12-15H,3-11,16H2,1-2H3. The number of rotatable bonds is 3. The van der Waals surface area contributed by atoms with Gasteiger partial charge < -0.3 is 10.6 Å². The Morgan fingerprint density at radius 2 is 1.65 bits per heavy atom. The van der Waals surface area contributed by atoms with Gasteiger partial charge in [0, 0.05) is 6.04 Å². The van der Waals surface area contributed by atoms with Gasteiger partial charge in [0.25, 0.3) is 0 Å². The Bertz CT molecular complexity index is 213. The highest BCUT2D eigenvalue weighted by Gasteiger charge is 2.29. The highest BCUT2D eigenvalue weighted by molar-refractivity contribution is 4.84. The molecule has 1 saturated carbocycles. The van der Waals surface area contributed by atoms with E-state index in [1.165, 1.54) is 51.6 Å². The molecule has 0 aromatic carbocycles. The third kappa shape index (κ3) is 3.45. The predicted molar refractivity (Wildman–Crippen MR) is 73.9 cm³/mol. The Morgan fingerprint density at radius 1 is 1.06 bits per heavy atom. The van der Waals surface area contributed by atoms with Gasteiger partial charge in [0.2, 0.25) is 0 Å². The number of hydrogen-bond donors (Lipinski definition) is 1. The summed E-state index contributed by atoms with van der Waals surface area (Å²) in [4.78, 5) is 2.77. The molecule has 1 heterocycles. The Labute approximate surface area is 107 Å². The molecule has 0 spiro atoms. The second-order valence-electron chi connectivity index (χ2n) is 6.50. The molecule has 0 aromatic rings. The molecule has 100 valence electrons. The minimum atomic E-state index is 0.734. The number of likely N-dealkylation sites (tertiary alicyclic amines) is 1. The van der Waals surface area contributed by atoms with Crippen molar-refractivity contribution in [2.24, 2.45) is 23.5 Å². The van der Waals surface area contributed by atoms with Gasteiger partial charge in [-0.3, -0.25) is 0 Å². The molecule has 2 nitrogen and oxygen atoms in total. The lowest BCUT2D eigenvalue weighted by Crippen LogP contribution is -2.43. The zero-order valence-corrected chi connectivity index (χ0v) is 11.7. The van der Waals surface area contributed by atoms with Crippen molar-refractivity contribution < 1.29 is 0 Å². The second-order valence-corrected chi connectivity index (χ2v) is 6.50. The molecule has 1 saturated heterocycles. The lowest BCUT2D eigenvalue weighted by atomic mass is 9.78. The average molecular weight is 238 g/mol. The van der Waals surface area contributed by atoms with Crippen LogP contribution >= 0.6 is 0 Å². The van der Waals surface area contributed by atoms with Gasteiger partial charge in [0.1, 0.15) is 0 Å². The van der Waals surface area contributed by atoms with Crippen molar-refractivity contribution >= 4 is 0 Å². The van der Waals surface area contributed by atoms with E-state index in [4.69, 9.17) is 5.73 Å². The summed E-state index contributed by atoms with van der Waals surface area (Å²) in [6.07, 6.45) is 8.50. The van der Waals surface area contributed by atoms with Gasteiger partial charge in [-0.1, -0.05) is 13.8 Å². The third-order valence-electron chi connectivity index (χ3n) is 5.25. The van der Waals surface area contributed by atoms with Crippen LogP contribution in [-0.2, 0) is 0 Å². The van der Waals surface area contributed by atoms with Crippen molar-refractivity contribution in [1.82, 2.24) is 4.90 Å². The number of nitrogens with two attached hydrogens (primary N) is 1. The molecule has 0 bridgehead atoms. The normalized spacial score (nSPS) is 34.8. The van der Waals surface area contributed by atoms with Crippen LogP contribution in [0.25, 0.3) is 0 Å². The number of hydrogen-bond acceptors (Lipinski definition) is 2. The van der Waals surface area contributed by atoms with Gasteiger partial charge in [-0.25, -0.2) is 0 Å². The van der Waals surface area contributed by atoms with Gasteiger partial charge in [-0.2, -0.15) is 0 Å². The van der Waals surface area contributed by atoms with Gasteiger partial charge in [0.15, 0.2) is 0 Å². The van der Waals surface area contributed by atoms with Crippen LogP contribution in [0.2, 0.25) is 0 Å². The molecular formula is C15H30N2. The molecule has 2 N–H and O–H groups in total. The first-order chi connectivity index (χ1) is 8.20. The lowest BCUT2D eigenvalue weighted by Gasteiger charge is -2.41. The van der Waals surface area contributed by atoms with Gasteiger partial charge in [-0.15, -0.1) is 0 Å². The molecule has 1 aliphatic heterocycles. The maximum Gasteiger partial charge on any atom is 0.00954 e. The summed E-state index contributed by atoms with van der Waals surface area (Å²) in [5, 5.41) is 0. The van der Waals surface area contributed by atoms with Crippen LogP contribution in [0, 0.1) is 17.8 Å². The minimum Gasteiger partial charge on any atom is -0.330 e. The van der Waals surface area contributed by atoms with Crippen molar-refractivity contribution in [2.75, 3.05) is 19.6 Å². The summed E-state index contributed by atoms with van der Waals surface area (Å²) < 4.78 is 0. The van der Waals surface area contributed by atoms with Crippen LogP contribution in [0.4, 0.5) is 0 Å². The largest absolute Gasteiger partial charge is 0.330 e. The van der Waals surface area contributed by atoms with Gasteiger partial charge in [0.05, 0.1) is 0 Å². The van der Waals surface area contributed by atoms with E-state index in [0.29, 0.717) is 0 Å². The van der Waals surface area contributed by atoms with Gasteiger partial charge >= 0.3 is 0 Å². The fraction of sp³-hybridized carbons (Fsp3) is 1.00. The minimum absolute atomic E-state index is 0.734. The molecule has 1 aliphatic carbocycles. The van der Waals surface area contributed by atoms with Crippen molar-refractivity contribution in [3.05, 3.63) is 0 Å². The summed E-state index contributed by atoms with van der Waals surface area (Å²) in [6.45, 7) is 8.30. The van der Waals surface area contributed by atoms with Crippen molar-refractivity contribution in [3.8, 4) is 0 Å².